The molecule has 5 heteroatoms. The van der Waals surface area contributed by atoms with E-state index < -0.39 is 0 Å². The second-order valence-corrected chi connectivity index (χ2v) is 6.16. The molecular weight excluding hydrogens is 307 g/mol. The average Bonchev–Trinajstić information content (AvgIpc) is 3.03. The maximum absolute atomic E-state index is 6.08. The summed E-state index contributed by atoms with van der Waals surface area (Å²) in [6.07, 6.45) is 5.53. The van der Waals surface area contributed by atoms with E-state index in [1.54, 1.807) is 0 Å². The lowest BCUT2D eigenvalue weighted by atomic mass is 9.93. The van der Waals surface area contributed by atoms with Gasteiger partial charge in [-0.15, -0.1) is 24.8 Å². The monoisotopic (exact) mass is 334 g/mol. The van der Waals surface area contributed by atoms with Gasteiger partial charge in [0.1, 0.15) is 11.5 Å². The molecule has 0 unspecified atom stereocenters. The molecule has 0 amide bonds. The van der Waals surface area contributed by atoms with Gasteiger partial charge in [0, 0.05) is 26.2 Å². The van der Waals surface area contributed by atoms with E-state index in [0.29, 0.717) is 6.04 Å². The van der Waals surface area contributed by atoms with E-state index in [-0.39, 0.29) is 24.8 Å². The van der Waals surface area contributed by atoms with Crippen LogP contribution in [-0.2, 0) is 0 Å². The predicted molar refractivity (Wildman–Crippen MR) is 91.8 cm³/mol. The van der Waals surface area contributed by atoms with E-state index in [9.17, 15) is 0 Å². The van der Waals surface area contributed by atoms with Crippen LogP contribution in [0.25, 0.3) is 0 Å². The van der Waals surface area contributed by atoms with Gasteiger partial charge in [-0.3, -0.25) is 4.90 Å². The Balaban J connectivity index is 0.00000110. The summed E-state index contributed by atoms with van der Waals surface area (Å²) in [7, 11) is 0. The second-order valence-electron chi connectivity index (χ2n) is 6.16. The third-order valence-corrected chi connectivity index (χ3v) is 4.87. The quantitative estimate of drug-likeness (QED) is 0.909. The zero-order chi connectivity index (χ0) is 13.2. The first-order valence-corrected chi connectivity index (χ1v) is 7.77. The number of hydrogen-bond donors (Lipinski definition) is 1. The van der Waals surface area contributed by atoms with Crippen molar-refractivity contribution in [3.63, 3.8) is 0 Å². The van der Waals surface area contributed by atoms with Crippen molar-refractivity contribution in [2.75, 3.05) is 26.2 Å². The molecule has 1 saturated heterocycles. The highest BCUT2D eigenvalue weighted by molar-refractivity contribution is 5.85. The van der Waals surface area contributed by atoms with E-state index in [1.165, 1.54) is 37.0 Å². The standard InChI is InChI=1S/C16H26N2O.2ClH/c1-12-11-15(19-13(12)2)16(14-5-3-4-6-14)18-9-7-17-8-10-18;;/h11,14,16-17H,3-10H2,1-2H3;2*1H/t16-;;/m1../s1. The number of furan rings is 1. The van der Waals surface area contributed by atoms with Gasteiger partial charge >= 0.3 is 0 Å². The number of halogens is 2. The summed E-state index contributed by atoms with van der Waals surface area (Å²) < 4.78 is 6.08. The molecule has 2 aliphatic rings. The van der Waals surface area contributed by atoms with Gasteiger partial charge in [0.15, 0.2) is 0 Å². The van der Waals surface area contributed by atoms with Gasteiger partial charge in [-0.1, -0.05) is 12.8 Å². The maximum Gasteiger partial charge on any atom is 0.121 e. The Morgan fingerprint density at radius 2 is 1.76 bits per heavy atom. The molecule has 1 aromatic rings. The van der Waals surface area contributed by atoms with Crippen LogP contribution in [0.15, 0.2) is 10.5 Å². The van der Waals surface area contributed by atoms with Crippen molar-refractivity contribution in [2.24, 2.45) is 5.92 Å². The zero-order valence-corrected chi connectivity index (χ0v) is 14.7. The van der Waals surface area contributed by atoms with Crippen LogP contribution in [0.1, 0.15) is 48.8 Å². The van der Waals surface area contributed by atoms with Crippen LogP contribution >= 0.6 is 24.8 Å². The van der Waals surface area contributed by atoms with Crippen molar-refractivity contribution in [3.05, 3.63) is 23.2 Å². The van der Waals surface area contributed by atoms with Gasteiger partial charge in [0.2, 0.25) is 0 Å². The molecule has 1 saturated carbocycles. The smallest absolute Gasteiger partial charge is 0.121 e. The Morgan fingerprint density at radius 1 is 1.14 bits per heavy atom. The summed E-state index contributed by atoms with van der Waals surface area (Å²) in [5.74, 6) is 3.10. The fourth-order valence-electron chi connectivity index (χ4n) is 3.69. The molecule has 21 heavy (non-hydrogen) atoms. The number of piperazine rings is 1. The third-order valence-electron chi connectivity index (χ3n) is 4.87. The van der Waals surface area contributed by atoms with Gasteiger partial charge in [-0.2, -0.15) is 0 Å². The summed E-state index contributed by atoms with van der Waals surface area (Å²) in [4.78, 5) is 2.64. The molecule has 1 N–H and O–H groups in total. The number of aryl methyl sites for hydroxylation is 2. The highest BCUT2D eigenvalue weighted by Crippen LogP contribution is 2.40. The predicted octanol–water partition coefficient (Wildman–Crippen LogP) is 3.88. The van der Waals surface area contributed by atoms with E-state index in [1.807, 2.05) is 0 Å². The van der Waals surface area contributed by atoms with E-state index in [0.717, 1.165) is 37.9 Å². The van der Waals surface area contributed by atoms with Crippen LogP contribution in [0, 0.1) is 19.8 Å². The normalized spacial score (nSPS) is 21.6. The number of nitrogens with zero attached hydrogens (tertiary/aromatic N) is 1. The molecule has 0 aromatic carbocycles. The molecule has 1 atom stereocenters. The van der Waals surface area contributed by atoms with Crippen LogP contribution in [0.5, 0.6) is 0 Å². The zero-order valence-electron chi connectivity index (χ0n) is 13.1. The molecule has 3 nitrogen and oxygen atoms in total. The summed E-state index contributed by atoms with van der Waals surface area (Å²) in [6, 6.07) is 2.79. The average molecular weight is 335 g/mol. The Labute approximate surface area is 140 Å². The SMILES string of the molecule is Cc1cc([C@@H](C2CCCC2)N2CCNCC2)oc1C.Cl.Cl. The molecule has 1 aromatic heterocycles. The first-order valence-electron chi connectivity index (χ1n) is 7.77. The number of nitrogens with one attached hydrogen (secondary N) is 1. The summed E-state index contributed by atoms with van der Waals surface area (Å²) in [5.41, 5.74) is 1.30. The topological polar surface area (TPSA) is 28.4 Å². The molecule has 2 heterocycles. The Hall–Kier alpha value is -0.220. The minimum atomic E-state index is 0. The Kier molecular flexibility index (Phi) is 7.55. The number of rotatable bonds is 3. The third kappa shape index (κ3) is 4.16. The molecule has 0 radical (unpaired) electrons. The Bertz CT molecular complexity index is 404. The largest absolute Gasteiger partial charge is 0.464 e. The van der Waals surface area contributed by atoms with Crippen molar-refractivity contribution >= 4 is 24.8 Å². The van der Waals surface area contributed by atoms with Crippen LogP contribution in [-0.4, -0.2) is 31.1 Å². The Morgan fingerprint density at radius 3 is 2.29 bits per heavy atom. The second kappa shape index (κ2) is 8.42. The van der Waals surface area contributed by atoms with Crippen LogP contribution < -0.4 is 5.32 Å². The molecule has 1 aliphatic heterocycles. The summed E-state index contributed by atoms with van der Waals surface area (Å²) in [5, 5.41) is 3.46. The van der Waals surface area contributed by atoms with E-state index in [4.69, 9.17) is 4.42 Å². The van der Waals surface area contributed by atoms with Gasteiger partial charge in [-0.25, -0.2) is 0 Å². The van der Waals surface area contributed by atoms with Crippen molar-refractivity contribution in [1.82, 2.24) is 10.2 Å². The highest BCUT2D eigenvalue weighted by Gasteiger charge is 2.34. The molecule has 1 aliphatic carbocycles. The van der Waals surface area contributed by atoms with Gasteiger partial charge in [-0.05, 0) is 44.2 Å². The lowest BCUT2D eigenvalue weighted by Crippen LogP contribution is -2.46. The van der Waals surface area contributed by atoms with E-state index >= 15 is 0 Å². The van der Waals surface area contributed by atoms with Crippen LogP contribution in [0.3, 0.4) is 0 Å². The minimum Gasteiger partial charge on any atom is -0.464 e. The highest BCUT2D eigenvalue weighted by atomic mass is 35.5. The van der Waals surface area contributed by atoms with Crippen molar-refractivity contribution in [3.8, 4) is 0 Å². The van der Waals surface area contributed by atoms with Crippen LogP contribution in [0.4, 0.5) is 0 Å². The minimum absolute atomic E-state index is 0. The lowest BCUT2D eigenvalue weighted by molar-refractivity contribution is 0.107. The first kappa shape index (κ1) is 18.8. The van der Waals surface area contributed by atoms with Crippen molar-refractivity contribution < 1.29 is 4.42 Å². The van der Waals surface area contributed by atoms with Crippen molar-refractivity contribution in [1.29, 1.82) is 0 Å². The summed E-state index contributed by atoms with van der Waals surface area (Å²) in [6.45, 7) is 8.78. The molecule has 2 fully saturated rings. The molecule has 3 rings (SSSR count). The fourth-order valence-corrected chi connectivity index (χ4v) is 3.69. The summed E-state index contributed by atoms with van der Waals surface area (Å²) >= 11 is 0. The molecule has 0 spiro atoms. The molecule has 0 bridgehead atoms. The maximum atomic E-state index is 6.08. The number of hydrogen-bond acceptors (Lipinski definition) is 3. The van der Waals surface area contributed by atoms with E-state index in [2.05, 4.69) is 30.1 Å². The van der Waals surface area contributed by atoms with Gasteiger partial charge < -0.3 is 9.73 Å². The molecule has 122 valence electrons. The molecular formula is C16H28Cl2N2O. The van der Waals surface area contributed by atoms with Gasteiger partial charge in [0.25, 0.3) is 0 Å². The first-order chi connectivity index (χ1) is 9.25. The van der Waals surface area contributed by atoms with Crippen molar-refractivity contribution in [2.45, 2.75) is 45.6 Å². The lowest BCUT2D eigenvalue weighted by Gasteiger charge is -2.37. The van der Waals surface area contributed by atoms with Crippen LogP contribution in [0.2, 0.25) is 0 Å². The fraction of sp³-hybridized carbons (Fsp3) is 0.750. The van der Waals surface area contributed by atoms with Gasteiger partial charge in [0.05, 0.1) is 6.04 Å².